The van der Waals surface area contributed by atoms with Crippen LogP contribution in [-0.2, 0) is 4.79 Å². The second-order valence-corrected chi connectivity index (χ2v) is 10.4. The fraction of sp³-hybridized carbons (Fsp3) is 0.577. The molecule has 3 aliphatic rings. The van der Waals surface area contributed by atoms with Gasteiger partial charge in [-0.25, -0.2) is 9.97 Å². The van der Waals surface area contributed by atoms with E-state index in [0.29, 0.717) is 30.6 Å². The van der Waals surface area contributed by atoms with Crippen LogP contribution in [0.3, 0.4) is 0 Å². The van der Waals surface area contributed by atoms with Gasteiger partial charge in [-0.15, -0.1) is 0 Å². The molecule has 5 rings (SSSR count). The van der Waals surface area contributed by atoms with Gasteiger partial charge < -0.3 is 14.9 Å². The molecule has 1 saturated carbocycles. The summed E-state index contributed by atoms with van der Waals surface area (Å²) in [6, 6.07) is 7.68. The zero-order valence-electron chi connectivity index (χ0n) is 19.8. The number of aromatic nitrogens is 2. The van der Waals surface area contributed by atoms with Gasteiger partial charge in [0.05, 0.1) is 11.8 Å². The van der Waals surface area contributed by atoms with Crippen LogP contribution in [0.25, 0.3) is 0 Å². The number of benzene rings is 1. The molecule has 2 N–H and O–H groups in total. The molecule has 2 aliphatic carbocycles. The summed E-state index contributed by atoms with van der Waals surface area (Å²) in [6.45, 7) is 4.84. The highest BCUT2D eigenvalue weighted by Gasteiger charge is 2.35. The van der Waals surface area contributed by atoms with Crippen LogP contribution < -0.4 is 10.2 Å². The van der Waals surface area contributed by atoms with Gasteiger partial charge in [0, 0.05) is 42.8 Å². The summed E-state index contributed by atoms with van der Waals surface area (Å²) >= 11 is 6.12. The highest BCUT2D eigenvalue weighted by molar-refractivity contribution is 6.30. The highest BCUT2D eigenvalue weighted by Crippen LogP contribution is 2.42. The average Bonchev–Trinajstić information content (AvgIpc) is 3.17. The minimum absolute atomic E-state index is 0.129. The van der Waals surface area contributed by atoms with Crippen molar-refractivity contribution in [2.75, 3.05) is 31.1 Å². The standard InChI is InChI=1S/C26H34ClN5O2/c1-17-15-21(33)24-22(17)25(29-16-28-24)31-11-13-32(14-12-31)26(34)23(18-7-9-19(27)10-8-18)30-20-5-3-2-4-6-20/h7-10,16-17,20-21,23,30,33H,2-6,11-15H2,1H3/t17-,21+,23-/m1/s1. The molecule has 34 heavy (non-hydrogen) atoms. The number of aliphatic hydroxyl groups excluding tert-OH is 1. The first-order valence-electron chi connectivity index (χ1n) is 12.6. The molecule has 1 amide bonds. The van der Waals surface area contributed by atoms with E-state index < -0.39 is 6.10 Å². The van der Waals surface area contributed by atoms with Crippen molar-refractivity contribution in [3.05, 3.63) is 52.4 Å². The number of carbonyl (C=O) groups is 1. The summed E-state index contributed by atoms with van der Waals surface area (Å²) in [5, 5.41) is 14.7. The monoisotopic (exact) mass is 483 g/mol. The second kappa shape index (κ2) is 10.2. The number of piperazine rings is 1. The highest BCUT2D eigenvalue weighted by atomic mass is 35.5. The SMILES string of the molecule is C[C@@H]1C[C@H](O)c2ncnc(N3CCN(C(=O)[C@H](NC4CCCCC4)c4ccc(Cl)cc4)CC3)c21. The van der Waals surface area contributed by atoms with Gasteiger partial charge in [0.15, 0.2) is 0 Å². The van der Waals surface area contributed by atoms with E-state index in [1.54, 1.807) is 6.33 Å². The number of hydrogen-bond acceptors (Lipinski definition) is 6. The number of nitrogens with one attached hydrogen (secondary N) is 1. The first-order chi connectivity index (χ1) is 16.5. The van der Waals surface area contributed by atoms with E-state index in [1.807, 2.05) is 29.2 Å². The van der Waals surface area contributed by atoms with E-state index in [4.69, 9.17) is 11.6 Å². The molecule has 7 nitrogen and oxygen atoms in total. The molecule has 2 fully saturated rings. The lowest BCUT2D eigenvalue weighted by Gasteiger charge is -2.39. The fourth-order valence-corrected chi connectivity index (χ4v) is 5.87. The van der Waals surface area contributed by atoms with E-state index in [0.717, 1.165) is 48.6 Å². The number of hydrogen-bond donors (Lipinski definition) is 2. The maximum absolute atomic E-state index is 13.7. The Kier molecular flexibility index (Phi) is 7.04. The van der Waals surface area contributed by atoms with Gasteiger partial charge in [-0.3, -0.25) is 10.1 Å². The van der Waals surface area contributed by atoms with Crippen molar-refractivity contribution in [3.63, 3.8) is 0 Å². The molecule has 0 bridgehead atoms. The van der Waals surface area contributed by atoms with Crippen LogP contribution in [0.15, 0.2) is 30.6 Å². The van der Waals surface area contributed by atoms with Gasteiger partial charge in [0.2, 0.25) is 5.91 Å². The Labute approximate surface area is 206 Å². The van der Waals surface area contributed by atoms with Crippen LogP contribution in [0.5, 0.6) is 0 Å². The van der Waals surface area contributed by atoms with Gasteiger partial charge in [-0.2, -0.15) is 0 Å². The van der Waals surface area contributed by atoms with Crippen molar-refractivity contribution < 1.29 is 9.90 Å². The molecule has 3 atom stereocenters. The average molecular weight is 484 g/mol. The van der Waals surface area contributed by atoms with Crippen LogP contribution in [0.2, 0.25) is 5.02 Å². The molecular formula is C26H34ClN5O2. The number of aliphatic hydroxyl groups is 1. The third-order valence-corrected chi connectivity index (χ3v) is 7.88. The zero-order valence-corrected chi connectivity index (χ0v) is 20.5. The normalized spacial score (nSPS) is 24.2. The van der Waals surface area contributed by atoms with Crippen molar-refractivity contribution in [1.82, 2.24) is 20.2 Å². The predicted octanol–water partition coefficient (Wildman–Crippen LogP) is 3.98. The van der Waals surface area contributed by atoms with Crippen molar-refractivity contribution >= 4 is 23.3 Å². The number of carbonyl (C=O) groups excluding carboxylic acids is 1. The van der Waals surface area contributed by atoms with E-state index in [-0.39, 0.29) is 17.9 Å². The van der Waals surface area contributed by atoms with Gasteiger partial charge in [0.25, 0.3) is 0 Å². The summed E-state index contributed by atoms with van der Waals surface area (Å²) in [5.74, 6) is 1.27. The molecule has 1 aliphatic heterocycles. The molecular weight excluding hydrogens is 450 g/mol. The predicted molar refractivity (Wildman–Crippen MR) is 133 cm³/mol. The van der Waals surface area contributed by atoms with E-state index in [9.17, 15) is 9.90 Å². The first kappa shape index (κ1) is 23.5. The molecule has 8 heteroatoms. The van der Waals surface area contributed by atoms with Gasteiger partial charge in [-0.05, 0) is 42.9 Å². The molecule has 182 valence electrons. The molecule has 1 aromatic carbocycles. The summed E-state index contributed by atoms with van der Waals surface area (Å²) in [6.07, 6.45) is 7.68. The van der Waals surface area contributed by atoms with Gasteiger partial charge in [-0.1, -0.05) is 49.9 Å². The van der Waals surface area contributed by atoms with E-state index in [1.165, 1.54) is 19.3 Å². The third kappa shape index (κ3) is 4.79. The van der Waals surface area contributed by atoms with Crippen LogP contribution in [0, 0.1) is 0 Å². The Morgan fingerprint density at radius 3 is 2.50 bits per heavy atom. The molecule has 2 aromatic rings. The lowest BCUT2D eigenvalue weighted by molar-refractivity contribution is -0.134. The minimum Gasteiger partial charge on any atom is -0.387 e. The van der Waals surface area contributed by atoms with Crippen molar-refractivity contribution in [2.24, 2.45) is 0 Å². The fourth-order valence-electron chi connectivity index (χ4n) is 5.75. The lowest BCUT2D eigenvalue weighted by atomic mass is 9.93. The number of nitrogens with zero attached hydrogens (tertiary/aromatic N) is 4. The number of amides is 1. The summed E-state index contributed by atoms with van der Waals surface area (Å²) in [4.78, 5) is 26.9. The van der Waals surface area contributed by atoms with Crippen molar-refractivity contribution in [3.8, 4) is 0 Å². The maximum Gasteiger partial charge on any atom is 0.244 e. The van der Waals surface area contributed by atoms with Gasteiger partial charge in [0.1, 0.15) is 18.2 Å². The largest absolute Gasteiger partial charge is 0.387 e. The van der Waals surface area contributed by atoms with Crippen molar-refractivity contribution in [2.45, 2.75) is 69.6 Å². The molecule has 0 radical (unpaired) electrons. The van der Waals surface area contributed by atoms with Crippen LogP contribution >= 0.6 is 11.6 Å². The Hall–Kier alpha value is -2.22. The number of rotatable bonds is 5. The molecule has 2 heterocycles. The van der Waals surface area contributed by atoms with Crippen LogP contribution in [0.4, 0.5) is 5.82 Å². The van der Waals surface area contributed by atoms with Crippen molar-refractivity contribution in [1.29, 1.82) is 0 Å². The molecule has 0 unspecified atom stereocenters. The third-order valence-electron chi connectivity index (χ3n) is 7.63. The first-order valence-corrected chi connectivity index (χ1v) is 13.0. The topological polar surface area (TPSA) is 81.6 Å². The van der Waals surface area contributed by atoms with E-state index >= 15 is 0 Å². The number of fused-ring (bicyclic) bond motifs is 1. The Morgan fingerprint density at radius 1 is 1.09 bits per heavy atom. The maximum atomic E-state index is 13.7. The Balaban J connectivity index is 1.30. The molecule has 0 spiro atoms. The summed E-state index contributed by atoms with van der Waals surface area (Å²) in [7, 11) is 0. The van der Waals surface area contributed by atoms with Gasteiger partial charge >= 0.3 is 0 Å². The summed E-state index contributed by atoms with van der Waals surface area (Å²) in [5.41, 5.74) is 2.79. The Bertz CT molecular complexity index is 1000. The Morgan fingerprint density at radius 2 is 1.79 bits per heavy atom. The zero-order chi connectivity index (χ0) is 23.7. The van der Waals surface area contributed by atoms with Crippen LogP contribution in [-0.4, -0.2) is 58.1 Å². The molecule has 1 aromatic heterocycles. The minimum atomic E-state index is -0.513. The quantitative estimate of drug-likeness (QED) is 0.669. The summed E-state index contributed by atoms with van der Waals surface area (Å²) < 4.78 is 0. The number of anilines is 1. The second-order valence-electron chi connectivity index (χ2n) is 9.95. The smallest absolute Gasteiger partial charge is 0.244 e. The van der Waals surface area contributed by atoms with Crippen LogP contribution in [0.1, 0.15) is 80.3 Å². The number of halogens is 1. The lowest BCUT2D eigenvalue weighted by Crippen LogP contribution is -2.53. The van der Waals surface area contributed by atoms with E-state index in [2.05, 4.69) is 27.1 Å². The molecule has 1 saturated heterocycles.